The van der Waals surface area contributed by atoms with Crippen LogP contribution in [0, 0.1) is 0 Å². The van der Waals surface area contributed by atoms with Crippen molar-refractivity contribution in [1.29, 1.82) is 0 Å². The number of hydrogen-bond donors (Lipinski definition) is 2. The van der Waals surface area contributed by atoms with Gasteiger partial charge in [0.05, 0.1) is 11.4 Å². The van der Waals surface area contributed by atoms with Crippen LogP contribution >= 0.6 is 11.6 Å². The van der Waals surface area contributed by atoms with Crippen molar-refractivity contribution in [3.8, 4) is 16.9 Å². The molecule has 2 heterocycles. The summed E-state index contributed by atoms with van der Waals surface area (Å²) < 4.78 is 1.93. The number of nitrogens with zero attached hydrogens (tertiary/aromatic N) is 2. The van der Waals surface area contributed by atoms with E-state index in [0.717, 1.165) is 33.9 Å². The van der Waals surface area contributed by atoms with Crippen LogP contribution in [0.25, 0.3) is 27.7 Å². The van der Waals surface area contributed by atoms with Gasteiger partial charge >= 0.3 is 0 Å². The molecule has 0 saturated carbocycles. The molecule has 0 saturated heterocycles. The Bertz CT molecular complexity index is 1350. The number of benzene rings is 4. The maximum Gasteiger partial charge on any atom is 0.127 e. The van der Waals surface area contributed by atoms with Gasteiger partial charge in [0.1, 0.15) is 6.17 Å². The molecule has 0 fully saturated rings. The summed E-state index contributed by atoms with van der Waals surface area (Å²) in [6.45, 7) is 0. The second kappa shape index (κ2) is 7.18. The average Bonchev–Trinajstić information content (AvgIpc) is 3.26. The Labute approximate surface area is 185 Å². The van der Waals surface area contributed by atoms with E-state index in [1.165, 1.54) is 10.8 Å². The lowest BCUT2D eigenvalue weighted by molar-refractivity contribution is 0.873. The Morgan fingerprint density at radius 1 is 0.742 bits per heavy atom. The summed E-state index contributed by atoms with van der Waals surface area (Å²) in [4.78, 5) is 0. The van der Waals surface area contributed by atoms with Crippen molar-refractivity contribution in [2.45, 2.75) is 6.17 Å². The minimum Gasteiger partial charge on any atom is -0.361 e. The fraction of sp³-hybridized carbons (Fsp3) is 0.0385. The number of para-hydroxylation sites is 1. The number of rotatable bonds is 3. The molecule has 150 valence electrons. The lowest BCUT2D eigenvalue weighted by Gasteiger charge is -2.29. The maximum atomic E-state index is 6.14. The lowest BCUT2D eigenvalue weighted by atomic mass is 10.0. The molecule has 31 heavy (non-hydrogen) atoms. The van der Waals surface area contributed by atoms with E-state index in [4.69, 9.17) is 16.7 Å². The highest BCUT2D eigenvalue weighted by Crippen LogP contribution is 2.40. The molecular weight excluding hydrogens is 404 g/mol. The molecular formula is C26H19ClN4. The zero-order valence-corrected chi connectivity index (χ0v) is 17.3. The van der Waals surface area contributed by atoms with Crippen LogP contribution in [0.4, 0.5) is 11.4 Å². The number of nitrogens with one attached hydrogen (secondary N) is 2. The highest BCUT2D eigenvalue weighted by molar-refractivity contribution is 6.30. The van der Waals surface area contributed by atoms with Crippen LogP contribution in [0.15, 0.2) is 97.2 Å². The van der Waals surface area contributed by atoms with Crippen LogP contribution in [0.3, 0.4) is 0 Å². The van der Waals surface area contributed by atoms with Crippen LogP contribution in [-0.4, -0.2) is 9.78 Å². The lowest BCUT2D eigenvalue weighted by Crippen LogP contribution is -2.23. The molecule has 1 aromatic heterocycles. The van der Waals surface area contributed by atoms with Gasteiger partial charge in [-0.3, -0.25) is 0 Å². The molecule has 0 spiro atoms. The number of anilines is 2. The molecule has 1 aliphatic heterocycles. The number of hydrogen-bond acceptors (Lipinski definition) is 3. The molecule has 6 rings (SSSR count). The first-order valence-electron chi connectivity index (χ1n) is 10.2. The van der Waals surface area contributed by atoms with Crippen LogP contribution in [-0.2, 0) is 0 Å². The smallest absolute Gasteiger partial charge is 0.127 e. The first kappa shape index (κ1) is 18.0. The largest absolute Gasteiger partial charge is 0.361 e. The molecule has 0 bridgehead atoms. The molecule has 0 unspecified atom stereocenters. The van der Waals surface area contributed by atoms with Gasteiger partial charge in [0.25, 0.3) is 0 Å². The van der Waals surface area contributed by atoms with E-state index in [9.17, 15) is 0 Å². The van der Waals surface area contributed by atoms with E-state index >= 15 is 0 Å². The van der Waals surface area contributed by atoms with Crippen molar-refractivity contribution in [2.24, 2.45) is 0 Å². The van der Waals surface area contributed by atoms with E-state index < -0.39 is 0 Å². The molecule has 4 aromatic carbocycles. The first-order chi connectivity index (χ1) is 15.3. The highest BCUT2D eigenvalue weighted by atomic mass is 35.5. The highest BCUT2D eigenvalue weighted by Gasteiger charge is 2.25. The van der Waals surface area contributed by atoms with Crippen molar-refractivity contribution in [3.05, 3.63) is 108 Å². The normalized spacial score (nSPS) is 13.1. The van der Waals surface area contributed by atoms with Crippen LogP contribution in [0.2, 0.25) is 5.02 Å². The van der Waals surface area contributed by atoms with Gasteiger partial charge in [0.2, 0.25) is 0 Å². The average molecular weight is 423 g/mol. The summed E-state index contributed by atoms with van der Waals surface area (Å²) in [5, 5.41) is 15.4. The van der Waals surface area contributed by atoms with Gasteiger partial charge in [0, 0.05) is 39.1 Å². The Balaban J connectivity index is 1.49. The molecule has 5 aromatic rings. The predicted octanol–water partition coefficient (Wildman–Crippen LogP) is 6.88. The Morgan fingerprint density at radius 3 is 2.10 bits per heavy atom. The molecule has 4 nitrogen and oxygen atoms in total. The first-order valence-corrected chi connectivity index (χ1v) is 10.6. The molecule has 0 amide bonds. The number of halogens is 1. The van der Waals surface area contributed by atoms with Crippen molar-refractivity contribution < 1.29 is 0 Å². The third-order valence-corrected chi connectivity index (χ3v) is 5.95. The van der Waals surface area contributed by atoms with E-state index in [-0.39, 0.29) is 6.17 Å². The summed E-state index contributed by atoms with van der Waals surface area (Å²) in [7, 11) is 0. The summed E-state index contributed by atoms with van der Waals surface area (Å²) in [5.74, 6) is 0. The standard InChI is InChI=1S/C26H19ClN4/c27-19-14-12-18(13-15-19)25-21(16-31(30-25)20-8-2-1-3-9-20)26-28-22-10-4-6-17-7-5-11-23(29-26)24(17)22/h1-16,26,28-29H. The van der Waals surface area contributed by atoms with E-state index in [2.05, 4.69) is 65.4 Å². The van der Waals surface area contributed by atoms with Crippen molar-refractivity contribution in [3.63, 3.8) is 0 Å². The predicted molar refractivity (Wildman–Crippen MR) is 128 cm³/mol. The van der Waals surface area contributed by atoms with Crippen LogP contribution < -0.4 is 10.6 Å². The summed E-state index contributed by atoms with van der Waals surface area (Å²) in [6.07, 6.45) is 1.97. The van der Waals surface area contributed by atoms with E-state index in [1.54, 1.807) is 0 Å². The van der Waals surface area contributed by atoms with Crippen LogP contribution in [0.1, 0.15) is 11.7 Å². The Hall–Kier alpha value is -3.76. The summed E-state index contributed by atoms with van der Waals surface area (Å²) >= 11 is 6.14. The molecule has 1 aliphatic rings. The Morgan fingerprint density at radius 2 is 1.42 bits per heavy atom. The zero-order chi connectivity index (χ0) is 20.8. The molecule has 0 radical (unpaired) electrons. The molecule has 0 aliphatic carbocycles. The van der Waals surface area contributed by atoms with Crippen molar-refractivity contribution in [1.82, 2.24) is 9.78 Å². The monoisotopic (exact) mass is 422 g/mol. The van der Waals surface area contributed by atoms with Gasteiger partial charge in [-0.15, -0.1) is 0 Å². The summed E-state index contributed by atoms with van der Waals surface area (Å²) in [6, 6.07) is 30.7. The van der Waals surface area contributed by atoms with Gasteiger partial charge in [0.15, 0.2) is 0 Å². The van der Waals surface area contributed by atoms with Gasteiger partial charge in [-0.05, 0) is 41.8 Å². The third kappa shape index (κ3) is 3.13. The topological polar surface area (TPSA) is 41.9 Å². The summed E-state index contributed by atoms with van der Waals surface area (Å²) in [5.41, 5.74) is 6.25. The SMILES string of the molecule is Clc1ccc(-c2nn(-c3ccccc3)cc2C2Nc3cccc4cccc(c34)N2)cc1. The van der Waals surface area contributed by atoms with Crippen LogP contribution in [0.5, 0.6) is 0 Å². The molecule has 5 heteroatoms. The van der Waals surface area contributed by atoms with E-state index in [0.29, 0.717) is 5.02 Å². The van der Waals surface area contributed by atoms with Crippen molar-refractivity contribution >= 4 is 33.7 Å². The number of aromatic nitrogens is 2. The second-order valence-electron chi connectivity index (χ2n) is 7.65. The fourth-order valence-electron chi connectivity index (χ4n) is 4.23. The Kier molecular flexibility index (Phi) is 4.18. The van der Waals surface area contributed by atoms with Crippen molar-refractivity contribution in [2.75, 3.05) is 10.6 Å². The quantitative estimate of drug-likeness (QED) is 0.333. The minimum atomic E-state index is -0.122. The van der Waals surface area contributed by atoms with Gasteiger partial charge in [-0.2, -0.15) is 5.10 Å². The minimum absolute atomic E-state index is 0.122. The zero-order valence-electron chi connectivity index (χ0n) is 16.6. The van der Waals surface area contributed by atoms with Gasteiger partial charge in [-0.1, -0.05) is 66.2 Å². The van der Waals surface area contributed by atoms with E-state index in [1.807, 2.05) is 47.1 Å². The third-order valence-electron chi connectivity index (χ3n) is 5.70. The molecule has 0 atom stereocenters. The second-order valence-corrected chi connectivity index (χ2v) is 8.09. The fourth-order valence-corrected chi connectivity index (χ4v) is 4.35. The van der Waals surface area contributed by atoms with Gasteiger partial charge in [-0.25, -0.2) is 4.68 Å². The van der Waals surface area contributed by atoms with Gasteiger partial charge < -0.3 is 10.6 Å². The maximum absolute atomic E-state index is 6.14. The molecule has 2 N–H and O–H groups in total.